The van der Waals surface area contributed by atoms with E-state index in [9.17, 15) is 9.18 Å². The SMILES string of the molecule is COc1ccc2ncc3c(c2n1)C(CCNCC1CN(c2ccc(C)c(F)c2)C(=O)O1)CO3. The van der Waals surface area contributed by atoms with Crippen LogP contribution in [0, 0.1) is 12.7 Å². The molecule has 2 aliphatic rings. The van der Waals surface area contributed by atoms with Crippen molar-refractivity contribution in [1.82, 2.24) is 15.3 Å². The molecular weight excluding hydrogens is 427 g/mol. The molecule has 0 spiro atoms. The molecule has 1 amide bonds. The normalized spacial score (nSPS) is 19.5. The lowest BCUT2D eigenvalue weighted by atomic mass is 9.97. The van der Waals surface area contributed by atoms with Gasteiger partial charge in [0.25, 0.3) is 0 Å². The highest BCUT2D eigenvalue weighted by atomic mass is 19.1. The minimum absolute atomic E-state index is 0.177. The van der Waals surface area contributed by atoms with Gasteiger partial charge < -0.3 is 19.5 Å². The molecule has 2 atom stereocenters. The predicted molar refractivity (Wildman–Crippen MR) is 121 cm³/mol. The van der Waals surface area contributed by atoms with Gasteiger partial charge in [0, 0.05) is 24.1 Å². The Kier molecular flexibility index (Phi) is 5.72. The Labute approximate surface area is 190 Å². The summed E-state index contributed by atoms with van der Waals surface area (Å²) in [4.78, 5) is 22.7. The number of cyclic esters (lactones) is 1. The van der Waals surface area contributed by atoms with Crippen LogP contribution in [0.5, 0.6) is 11.6 Å². The van der Waals surface area contributed by atoms with Gasteiger partial charge in [-0.2, -0.15) is 0 Å². The topological polar surface area (TPSA) is 85.8 Å². The summed E-state index contributed by atoms with van der Waals surface area (Å²) in [5.74, 6) is 1.15. The number of fused-ring (bicyclic) bond motifs is 3. The van der Waals surface area contributed by atoms with E-state index in [1.807, 2.05) is 6.07 Å². The average molecular weight is 452 g/mol. The number of hydrogen-bond acceptors (Lipinski definition) is 7. The quantitative estimate of drug-likeness (QED) is 0.549. The molecule has 8 nitrogen and oxygen atoms in total. The molecule has 1 aromatic carbocycles. The molecular formula is C24H25FN4O4. The van der Waals surface area contributed by atoms with Gasteiger partial charge in [0.05, 0.1) is 37.7 Å². The molecule has 0 saturated carbocycles. The predicted octanol–water partition coefficient (Wildman–Crippen LogP) is 3.57. The molecule has 1 N–H and O–H groups in total. The van der Waals surface area contributed by atoms with Gasteiger partial charge in [0.15, 0.2) is 0 Å². The van der Waals surface area contributed by atoms with Crippen molar-refractivity contribution in [3.8, 4) is 11.6 Å². The third-order valence-corrected chi connectivity index (χ3v) is 6.13. The lowest BCUT2D eigenvalue weighted by Crippen LogP contribution is -2.32. The van der Waals surface area contributed by atoms with Crippen molar-refractivity contribution in [1.29, 1.82) is 0 Å². The van der Waals surface area contributed by atoms with Crippen molar-refractivity contribution < 1.29 is 23.4 Å². The van der Waals surface area contributed by atoms with Crippen molar-refractivity contribution in [3.05, 3.63) is 53.5 Å². The molecule has 2 aromatic heterocycles. The summed E-state index contributed by atoms with van der Waals surface area (Å²) in [5.41, 5.74) is 3.72. The maximum absolute atomic E-state index is 13.9. The number of aromatic nitrogens is 2. The number of pyridine rings is 2. The molecule has 33 heavy (non-hydrogen) atoms. The van der Waals surface area contributed by atoms with Crippen LogP contribution in [0.3, 0.4) is 0 Å². The van der Waals surface area contributed by atoms with Gasteiger partial charge in [0.1, 0.15) is 23.2 Å². The summed E-state index contributed by atoms with van der Waals surface area (Å²) < 4.78 is 30.5. The number of amides is 1. The average Bonchev–Trinajstić information content (AvgIpc) is 3.41. The van der Waals surface area contributed by atoms with E-state index in [1.165, 1.54) is 11.0 Å². The Hall–Kier alpha value is -3.46. The summed E-state index contributed by atoms with van der Waals surface area (Å²) in [6.45, 7) is 3.87. The summed E-state index contributed by atoms with van der Waals surface area (Å²) in [5, 5.41) is 3.37. The van der Waals surface area contributed by atoms with E-state index in [0.717, 1.165) is 28.8 Å². The number of nitrogens with zero attached hydrogens (tertiary/aromatic N) is 3. The highest BCUT2D eigenvalue weighted by Crippen LogP contribution is 2.39. The summed E-state index contributed by atoms with van der Waals surface area (Å²) in [7, 11) is 1.59. The van der Waals surface area contributed by atoms with E-state index < -0.39 is 6.09 Å². The van der Waals surface area contributed by atoms with E-state index in [2.05, 4.69) is 15.3 Å². The molecule has 5 rings (SSSR count). The van der Waals surface area contributed by atoms with Gasteiger partial charge >= 0.3 is 6.09 Å². The molecule has 172 valence electrons. The molecule has 2 unspecified atom stereocenters. The number of nitrogens with one attached hydrogen (secondary N) is 1. The second-order valence-electron chi connectivity index (χ2n) is 8.31. The standard InChI is InChI=1S/C24H25FN4O4/c1-14-3-4-16(9-18(14)25)29-12-17(33-24(29)30)10-26-8-7-15-13-32-20-11-27-19-5-6-21(31-2)28-23(19)22(15)20/h3-6,9,11,15,17,26H,7-8,10,12-13H2,1-2H3. The molecule has 3 aromatic rings. The van der Waals surface area contributed by atoms with E-state index in [-0.39, 0.29) is 17.8 Å². The van der Waals surface area contributed by atoms with Gasteiger partial charge in [-0.3, -0.25) is 9.88 Å². The van der Waals surface area contributed by atoms with Crippen LogP contribution in [0.2, 0.25) is 0 Å². The first-order valence-corrected chi connectivity index (χ1v) is 10.9. The van der Waals surface area contributed by atoms with E-state index >= 15 is 0 Å². The number of carbonyl (C=O) groups is 1. The molecule has 0 aliphatic carbocycles. The Morgan fingerprint density at radius 3 is 3.00 bits per heavy atom. The third-order valence-electron chi connectivity index (χ3n) is 6.13. The van der Waals surface area contributed by atoms with Crippen LogP contribution in [-0.4, -0.2) is 55.5 Å². The largest absolute Gasteiger partial charge is 0.491 e. The minimum atomic E-state index is -0.456. The van der Waals surface area contributed by atoms with E-state index in [0.29, 0.717) is 43.4 Å². The highest BCUT2D eigenvalue weighted by Gasteiger charge is 2.33. The number of benzene rings is 1. The molecule has 9 heteroatoms. The summed E-state index contributed by atoms with van der Waals surface area (Å²) in [6, 6.07) is 8.45. The summed E-state index contributed by atoms with van der Waals surface area (Å²) in [6.07, 6.45) is 1.82. The van der Waals surface area contributed by atoms with Gasteiger partial charge in [-0.15, -0.1) is 0 Å². The van der Waals surface area contributed by atoms with Crippen molar-refractivity contribution in [2.45, 2.75) is 25.4 Å². The fourth-order valence-electron chi connectivity index (χ4n) is 4.30. The third kappa shape index (κ3) is 4.16. The monoisotopic (exact) mass is 452 g/mol. The zero-order valence-electron chi connectivity index (χ0n) is 18.5. The molecule has 4 heterocycles. The lowest BCUT2D eigenvalue weighted by Gasteiger charge is -2.14. The van der Waals surface area contributed by atoms with Crippen LogP contribution in [-0.2, 0) is 4.74 Å². The zero-order valence-corrected chi connectivity index (χ0v) is 18.5. The maximum Gasteiger partial charge on any atom is 0.414 e. The Bertz CT molecular complexity index is 1200. The van der Waals surface area contributed by atoms with Crippen LogP contribution >= 0.6 is 0 Å². The van der Waals surface area contributed by atoms with Crippen LogP contribution in [0.4, 0.5) is 14.9 Å². The Morgan fingerprint density at radius 1 is 1.30 bits per heavy atom. The maximum atomic E-state index is 13.9. The van der Waals surface area contributed by atoms with Crippen molar-refractivity contribution in [2.75, 3.05) is 38.3 Å². The number of halogens is 1. The first-order valence-electron chi connectivity index (χ1n) is 10.9. The van der Waals surface area contributed by atoms with Crippen LogP contribution in [0.25, 0.3) is 11.0 Å². The highest BCUT2D eigenvalue weighted by molar-refractivity contribution is 5.89. The first kappa shape index (κ1) is 21.4. The molecule has 0 radical (unpaired) electrons. The number of hydrogen-bond donors (Lipinski definition) is 1. The molecule has 0 bridgehead atoms. The van der Waals surface area contributed by atoms with Crippen LogP contribution in [0.15, 0.2) is 36.5 Å². The van der Waals surface area contributed by atoms with Gasteiger partial charge in [-0.05, 0) is 43.7 Å². The minimum Gasteiger partial charge on any atom is -0.491 e. The zero-order chi connectivity index (χ0) is 22.9. The number of rotatable bonds is 7. The van der Waals surface area contributed by atoms with E-state index in [4.69, 9.17) is 14.2 Å². The second-order valence-corrected chi connectivity index (χ2v) is 8.31. The lowest BCUT2D eigenvalue weighted by molar-refractivity contribution is 0.140. The molecule has 1 fully saturated rings. The Morgan fingerprint density at radius 2 is 2.18 bits per heavy atom. The number of aryl methyl sites for hydroxylation is 1. The van der Waals surface area contributed by atoms with E-state index in [1.54, 1.807) is 38.4 Å². The number of carbonyl (C=O) groups excluding carboxylic acids is 1. The molecule has 1 saturated heterocycles. The van der Waals surface area contributed by atoms with Gasteiger partial charge in [-0.1, -0.05) is 6.07 Å². The van der Waals surface area contributed by atoms with Crippen molar-refractivity contribution in [3.63, 3.8) is 0 Å². The van der Waals surface area contributed by atoms with Crippen molar-refractivity contribution >= 4 is 22.8 Å². The first-order chi connectivity index (χ1) is 16.0. The second kappa shape index (κ2) is 8.82. The number of methoxy groups -OCH3 is 1. The number of ether oxygens (including phenoxy) is 3. The fourth-order valence-corrected chi connectivity index (χ4v) is 4.30. The van der Waals surface area contributed by atoms with Crippen LogP contribution in [0.1, 0.15) is 23.5 Å². The Balaban J connectivity index is 1.18. The fraction of sp³-hybridized carbons (Fsp3) is 0.375. The van der Waals surface area contributed by atoms with Crippen LogP contribution < -0.4 is 19.7 Å². The smallest absolute Gasteiger partial charge is 0.414 e. The van der Waals surface area contributed by atoms with Gasteiger partial charge in [-0.25, -0.2) is 14.2 Å². The van der Waals surface area contributed by atoms with Gasteiger partial charge in [0.2, 0.25) is 5.88 Å². The molecule has 2 aliphatic heterocycles. The summed E-state index contributed by atoms with van der Waals surface area (Å²) >= 11 is 0. The number of anilines is 1. The van der Waals surface area contributed by atoms with Crippen molar-refractivity contribution in [2.24, 2.45) is 0 Å².